The molecule has 0 radical (unpaired) electrons. The number of nitrogens with zero attached hydrogens (tertiary/aromatic N) is 1. The highest BCUT2D eigenvalue weighted by Gasteiger charge is 2.16. The topological polar surface area (TPSA) is 50.9 Å². The maximum Gasteiger partial charge on any atom is 0.0975 e. The van der Waals surface area contributed by atoms with Crippen molar-refractivity contribution in [3.8, 4) is 0 Å². The van der Waals surface area contributed by atoms with E-state index in [0.717, 1.165) is 5.69 Å². The number of nitrogens with two attached hydrogens (primary N) is 1. The Bertz CT molecular complexity index is 424. The van der Waals surface area contributed by atoms with Crippen molar-refractivity contribution in [1.29, 1.82) is 0 Å². The van der Waals surface area contributed by atoms with Gasteiger partial charge in [-0.15, -0.1) is 11.3 Å². The molecule has 3 nitrogen and oxygen atoms in total. The monoisotopic (exact) mass is 219 g/mol. The summed E-state index contributed by atoms with van der Waals surface area (Å²) in [4.78, 5) is 5.53. The first-order chi connectivity index (χ1) is 7.33. The van der Waals surface area contributed by atoms with E-state index >= 15 is 0 Å². The molecule has 2 heterocycles. The van der Waals surface area contributed by atoms with E-state index in [9.17, 15) is 0 Å². The normalized spacial score (nSPS) is 12.7. The lowest BCUT2D eigenvalue weighted by Crippen LogP contribution is -2.29. The lowest BCUT2D eigenvalue weighted by Gasteiger charge is -2.14. The van der Waals surface area contributed by atoms with Crippen molar-refractivity contribution in [2.24, 2.45) is 5.84 Å². The second kappa shape index (κ2) is 4.53. The van der Waals surface area contributed by atoms with Crippen molar-refractivity contribution in [2.45, 2.75) is 13.0 Å². The highest BCUT2D eigenvalue weighted by molar-refractivity contribution is 7.10. The number of hydrogen-bond donors (Lipinski definition) is 2. The summed E-state index contributed by atoms with van der Waals surface area (Å²) in [7, 11) is 0. The van der Waals surface area contributed by atoms with Crippen molar-refractivity contribution in [3.05, 3.63) is 52.0 Å². The fourth-order valence-corrected chi connectivity index (χ4v) is 2.52. The zero-order chi connectivity index (χ0) is 10.7. The average molecular weight is 219 g/mol. The van der Waals surface area contributed by atoms with Gasteiger partial charge in [-0.1, -0.05) is 6.07 Å². The minimum absolute atomic E-state index is 0.00815. The third-order valence-electron chi connectivity index (χ3n) is 2.31. The quantitative estimate of drug-likeness (QED) is 0.613. The molecule has 0 spiro atoms. The number of aryl methyl sites for hydroxylation is 1. The van der Waals surface area contributed by atoms with Crippen LogP contribution in [0.2, 0.25) is 0 Å². The molecule has 78 valence electrons. The van der Waals surface area contributed by atoms with Crippen molar-refractivity contribution < 1.29 is 0 Å². The van der Waals surface area contributed by atoms with Gasteiger partial charge in [0.1, 0.15) is 0 Å². The summed E-state index contributed by atoms with van der Waals surface area (Å²) < 4.78 is 0. The summed E-state index contributed by atoms with van der Waals surface area (Å²) in [5.41, 5.74) is 5.00. The van der Waals surface area contributed by atoms with Gasteiger partial charge in [-0.2, -0.15) is 0 Å². The van der Waals surface area contributed by atoms with E-state index < -0.39 is 0 Å². The summed E-state index contributed by atoms with van der Waals surface area (Å²) in [6, 6.07) is 7.93. The zero-order valence-corrected chi connectivity index (χ0v) is 9.29. The maximum atomic E-state index is 5.58. The highest BCUT2D eigenvalue weighted by atomic mass is 32.1. The van der Waals surface area contributed by atoms with Crippen LogP contribution in [0.1, 0.15) is 22.2 Å². The van der Waals surface area contributed by atoms with Crippen molar-refractivity contribution >= 4 is 11.3 Å². The molecule has 3 N–H and O–H groups in total. The Morgan fingerprint density at radius 1 is 1.40 bits per heavy atom. The molecule has 2 aromatic heterocycles. The molecule has 0 aliphatic rings. The summed E-state index contributed by atoms with van der Waals surface area (Å²) in [6.07, 6.45) is 1.78. The van der Waals surface area contributed by atoms with Gasteiger partial charge < -0.3 is 0 Å². The minimum atomic E-state index is -0.00815. The Balaban J connectivity index is 2.37. The Labute approximate surface area is 92.9 Å². The van der Waals surface area contributed by atoms with Crippen molar-refractivity contribution in [1.82, 2.24) is 10.4 Å². The first-order valence-electron chi connectivity index (χ1n) is 4.74. The molecular formula is C11H13N3S. The second-order valence-electron chi connectivity index (χ2n) is 3.32. The first-order valence-corrected chi connectivity index (χ1v) is 5.62. The molecule has 1 atom stereocenters. The van der Waals surface area contributed by atoms with Crippen LogP contribution in [0.15, 0.2) is 35.8 Å². The third kappa shape index (κ3) is 2.07. The van der Waals surface area contributed by atoms with Crippen LogP contribution in [0, 0.1) is 6.92 Å². The Morgan fingerprint density at radius 3 is 2.80 bits per heavy atom. The predicted octanol–water partition coefficient (Wildman–Crippen LogP) is 2.00. The Morgan fingerprint density at radius 2 is 2.27 bits per heavy atom. The van der Waals surface area contributed by atoms with Gasteiger partial charge in [0.2, 0.25) is 0 Å². The fraction of sp³-hybridized carbons (Fsp3) is 0.182. The number of aromatic nitrogens is 1. The van der Waals surface area contributed by atoms with Gasteiger partial charge in [-0.3, -0.25) is 10.8 Å². The van der Waals surface area contributed by atoms with Crippen LogP contribution in [-0.4, -0.2) is 4.98 Å². The van der Waals surface area contributed by atoms with E-state index in [1.807, 2.05) is 18.2 Å². The van der Waals surface area contributed by atoms with Crippen LogP contribution < -0.4 is 11.3 Å². The third-order valence-corrected chi connectivity index (χ3v) is 3.40. The number of rotatable bonds is 3. The van der Waals surface area contributed by atoms with Gasteiger partial charge in [0, 0.05) is 11.1 Å². The van der Waals surface area contributed by atoms with Gasteiger partial charge in [0.05, 0.1) is 11.7 Å². The molecule has 2 rings (SSSR count). The summed E-state index contributed by atoms with van der Waals surface area (Å²) >= 11 is 1.69. The van der Waals surface area contributed by atoms with Gasteiger partial charge in [0.15, 0.2) is 0 Å². The van der Waals surface area contributed by atoms with Crippen LogP contribution in [0.25, 0.3) is 0 Å². The average Bonchev–Trinajstić information content (AvgIpc) is 2.68. The summed E-state index contributed by atoms with van der Waals surface area (Å²) in [5.74, 6) is 5.58. The van der Waals surface area contributed by atoms with Crippen LogP contribution in [0.5, 0.6) is 0 Å². The Kier molecular flexibility index (Phi) is 3.11. The maximum absolute atomic E-state index is 5.58. The summed E-state index contributed by atoms with van der Waals surface area (Å²) in [5, 5.41) is 2.07. The van der Waals surface area contributed by atoms with Crippen LogP contribution in [0.4, 0.5) is 0 Å². The fourth-order valence-electron chi connectivity index (χ4n) is 1.52. The molecule has 4 heteroatoms. The molecular weight excluding hydrogens is 206 g/mol. The molecule has 0 amide bonds. The summed E-state index contributed by atoms with van der Waals surface area (Å²) in [6.45, 7) is 2.08. The SMILES string of the molecule is Cc1ccsc1C(NN)c1ccccn1. The highest BCUT2D eigenvalue weighted by Crippen LogP contribution is 2.27. The number of hydrazine groups is 1. The van der Waals surface area contributed by atoms with Gasteiger partial charge >= 0.3 is 0 Å². The molecule has 1 unspecified atom stereocenters. The van der Waals surface area contributed by atoms with E-state index in [1.165, 1.54) is 10.4 Å². The van der Waals surface area contributed by atoms with Gasteiger partial charge in [-0.25, -0.2) is 5.43 Å². The van der Waals surface area contributed by atoms with Crippen molar-refractivity contribution in [3.63, 3.8) is 0 Å². The molecule has 0 aromatic carbocycles. The largest absolute Gasteiger partial charge is 0.270 e. The lowest BCUT2D eigenvalue weighted by molar-refractivity contribution is 0.627. The van der Waals surface area contributed by atoms with E-state index in [4.69, 9.17) is 5.84 Å². The number of pyridine rings is 1. The predicted molar refractivity (Wildman–Crippen MR) is 62.5 cm³/mol. The number of hydrogen-bond acceptors (Lipinski definition) is 4. The van der Waals surface area contributed by atoms with Crippen LogP contribution in [-0.2, 0) is 0 Å². The lowest BCUT2D eigenvalue weighted by atomic mass is 10.1. The zero-order valence-electron chi connectivity index (χ0n) is 8.47. The van der Waals surface area contributed by atoms with Gasteiger partial charge in [-0.05, 0) is 36.1 Å². The molecule has 15 heavy (non-hydrogen) atoms. The molecule has 2 aromatic rings. The van der Waals surface area contributed by atoms with Gasteiger partial charge in [0.25, 0.3) is 0 Å². The minimum Gasteiger partial charge on any atom is -0.270 e. The van der Waals surface area contributed by atoms with E-state index in [2.05, 4.69) is 28.8 Å². The molecule has 0 saturated carbocycles. The Hall–Kier alpha value is -1.23. The molecule has 0 aliphatic heterocycles. The van der Waals surface area contributed by atoms with Crippen LogP contribution in [0.3, 0.4) is 0 Å². The van der Waals surface area contributed by atoms with Crippen molar-refractivity contribution in [2.75, 3.05) is 0 Å². The number of thiophene rings is 1. The second-order valence-corrected chi connectivity index (χ2v) is 4.27. The standard InChI is InChI=1S/C11H13N3S/c1-8-5-7-15-11(8)10(14-12)9-4-2-3-6-13-9/h2-7,10,14H,12H2,1H3. The first kappa shape index (κ1) is 10.3. The van der Waals surface area contributed by atoms with Crippen LogP contribution >= 0.6 is 11.3 Å². The molecule has 0 saturated heterocycles. The van der Waals surface area contributed by atoms with E-state index in [0.29, 0.717) is 0 Å². The molecule has 0 bridgehead atoms. The molecule has 0 fully saturated rings. The smallest absolute Gasteiger partial charge is 0.0975 e. The number of nitrogens with one attached hydrogen (secondary N) is 1. The van der Waals surface area contributed by atoms with E-state index in [1.54, 1.807) is 17.5 Å². The molecule has 0 aliphatic carbocycles. The van der Waals surface area contributed by atoms with E-state index in [-0.39, 0.29) is 6.04 Å².